The van der Waals surface area contributed by atoms with E-state index in [4.69, 9.17) is 19.4 Å². The van der Waals surface area contributed by atoms with Gasteiger partial charge in [-0.15, -0.1) is 0 Å². The highest BCUT2D eigenvalue weighted by atomic mass is 19.4. The molecule has 1 atom stereocenters. The summed E-state index contributed by atoms with van der Waals surface area (Å²) in [5, 5.41) is 10.3. The number of ether oxygens (including phenoxy) is 2. The number of carboxylic acid groups (broad SMARTS) is 1. The summed E-state index contributed by atoms with van der Waals surface area (Å²) >= 11 is 0. The number of nitrogens with zero attached hydrogens (tertiary/aromatic N) is 1. The zero-order chi connectivity index (χ0) is 20.9. The number of aliphatic carboxylic acids is 1. The molecule has 1 aromatic rings. The molecule has 3 aliphatic heterocycles. The molecule has 0 aromatic heterocycles. The van der Waals surface area contributed by atoms with Gasteiger partial charge in [0.2, 0.25) is 0 Å². The van der Waals surface area contributed by atoms with Crippen molar-refractivity contribution in [1.82, 2.24) is 10.2 Å². The van der Waals surface area contributed by atoms with Gasteiger partial charge in [-0.3, -0.25) is 4.79 Å². The number of carboxylic acids is 1. The summed E-state index contributed by atoms with van der Waals surface area (Å²) in [6, 6.07) is 5.54. The SMILES string of the molecule is COc1ccc(OC)c(C(=O)N[C@H]2CN3CCC2CC3)c1.O=C(O)C(F)(F)F. The average molecular weight is 404 g/mol. The van der Waals surface area contributed by atoms with Crippen LogP contribution in [0.1, 0.15) is 23.2 Å². The molecule has 2 bridgehead atoms. The summed E-state index contributed by atoms with van der Waals surface area (Å²) in [5.41, 5.74) is 0.535. The molecule has 0 aliphatic carbocycles. The standard InChI is InChI=1S/C16H22N2O3.C2HF3O2/c1-20-12-3-4-15(21-2)13(9-12)16(19)17-14-10-18-7-5-11(14)6-8-18;3-2(4,5)1(6)7/h3-4,9,11,14H,5-8,10H2,1-2H3,(H,17,19);(H,6,7)/t14-;/m0./s1. The predicted octanol–water partition coefficient (Wildman–Crippen LogP) is 2.16. The highest BCUT2D eigenvalue weighted by Gasteiger charge is 2.38. The summed E-state index contributed by atoms with van der Waals surface area (Å²) in [7, 11) is 3.17. The lowest BCUT2D eigenvalue weighted by Gasteiger charge is -2.44. The Morgan fingerprint density at radius 1 is 1.18 bits per heavy atom. The maximum absolute atomic E-state index is 12.6. The Morgan fingerprint density at radius 3 is 2.21 bits per heavy atom. The zero-order valence-corrected chi connectivity index (χ0v) is 15.6. The first kappa shape index (κ1) is 21.8. The van der Waals surface area contributed by atoms with E-state index in [2.05, 4.69) is 10.2 Å². The molecule has 4 rings (SSSR count). The van der Waals surface area contributed by atoms with Crippen molar-refractivity contribution in [3.63, 3.8) is 0 Å². The number of fused-ring (bicyclic) bond motifs is 3. The molecular weight excluding hydrogens is 381 g/mol. The number of methoxy groups -OCH3 is 2. The Kier molecular flexibility index (Phi) is 7.11. The normalized spacial score (nSPS) is 23.2. The summed E-state index contributed by atoms with van der Waals surface area (Å²) < 4.78 is 42.2. The minimum absolute atomic E-state index is 0.0792. The summed E-state index contributed by atoms with van der Waals surface area (Å²) in [4.78, 5) is 23.9. The fourth-order valence-corrected chi connectivity index (χ4v) is 3.37. The number of alkyl halides is 3. The second-order valence-corrected chi connectivity index (χ2v) is 6.59. The quantitative estimate of drug-likeness (QED) is 0.800. The maximum atomic E-state index is 12.6. The third-order valence-corrected chi connectivity index (χ3v) is 4.87. The first-order valence-corrected chi connectivity index (χ1v) is 8.71. The van der Waals surface area contributed by atoms with Gasteiger partial charge in [-0.25, -0.2) is 4.79 Å². The van der Waals surface area contributed by atoms with Crippen LogP contribution < -0.4 is 14.8 Å². The number of nitrogens with one attached hydrogen (secondary N) is 1. The predicted molar refractivity (Wildman–Crippen MR) is 93.7 cm³/mol. The molecule has 0 spiro atoms. The van der Waals surface area contributed by atoms with Crippen molar-refractivity contribution in [2.75, 3.05) is 33.9 Å². The lowest BCUT2D eigenvalue weighted by molar-refractivity contribution is -0.192. The van der Waals surface area contributed by atoms with Crippen LogP contribution in [0.5, 0.6) is 11.5 Å². The van der Waals surface area contributed by atoms with E-state index >= 15 is 0 Å². The molecule has 0 unspecified atom stereocenters. The molecule has 7 nitrogen and oxygen atoms in total. The molecule has 0 radical (unpaired) electrons. The minimum atomic E-state index is -5.08. The van der Waals surface area contributed by atoms with Crippen LogP contribution in [0.4, 0.5) is 13.2 Å². The number of amides is 1. The third kappa shape index (κ3) is 5.51. The van der Waals surface area contributed by atoms with Gasteiger partial charge in [-0.1, -0.05) is 0 Å². The van der Waals surface area contributed by atoms with Crippen LogP contribution in [-0.4, -0.2) is 68.0 Å². The van der Waals surface area contributed by atoms with Gasteiger partial charge < -0.3 is 24.8 Å². The maximum Gasteiger partial charge on any atom is 0.490 e. The van der Waals surface area contributed by atoms with Gasteiger partial charge in [0.05, 0.1) is 19.8 Å². The number of hydrogen-bond acceptors (Lipinski definition) is 5. The van der Waals surface area contributed by atoms with Crippen molar-refractivity contribution in [2.24, 2.45) is 5.92 Å². The third-order valence-electron chi connectivity index (χ3n) is 4.87. The van der Waals surface area contributed by atoms with Crippen LogP contribution in [0.2, 0.25) is 0 Å². The van der Waals surface area contributed by atoms with Crippen LogP contribution in [0.15, 0.2) is 18.2 Å². The fraction of sp³-hybridized carbons (Fsp3) is 0.556. The summed E-state index contributed by atoms with van der Waals surface area (Å²) in [6.45, 7) is 3.29. The summed E-state index contributed by atoms with van der Waals surface area (Å²) in [6.07, 6.45) is -2.72. The van der Waals surface area contributed by atoms with Crippen molar-refractivity contribution >= 4 is 11.9 Å². The topological polar surface area (TPSA) is 88.1 Å². The molecule has 0 saturated carbocycles. The lowest BCUT2D eigenvalue weighted by Crippen LogP contribution is -2.57. The van der Waals surface area contributed by atoms with E-state index < -0.39 is 12.1 Å². The highest BCUT2D eigenvalue weighted by molar-refractivity contribution is 5.97. The molecule has 1 aromatic carbocycles. The van der Waals surface area contributed by atoms with Crippen molar-refractivity contribution in [3.05, 3.63) is 23.8 Å². The largest absolute Gasteiger partial charge is 0.497 e. The van der Waals surface area contributed by atoms with Crippen molar-refractivity contribution in [2.45, 2.75) is 25.1 Å². The van der Waals surface area contributed by atoms with Crippen LogP contribution >= 0.6 is 0 Å². The van der Waals surface area contributed by atoms with Gasteiger partial charge in [0, 0.05) is 12.6 Å². The molecule has 1 amide bonds. The molecule has 3 saturated heterocycles. The first-order valence-electron chi connectivity index (χ1n) is 8.71. The van der Waals surface area contributed by atoms with E-state index in [0.29, 0.717) is 23.0 Å². The van der Waals surface area contributed by atoms with E-state index in [1.54, 1.807) is 32.4 Å². The smallest absolute Gasteiger partial charge is 0.490 e. The number of rotatable bonds is 4. The average Bonchev–Trinajstić information content (AvgIpc) is 2.68. The Balaban J connectivity index is 0.000000345. The Labute approximate surface area is 160 Å². The van der Waals surface area contributed by atoms with E-state index in [0.717, 1.165) is 6.54 Å². The van der Waals surface area contributed by atoms with Crippen molar-refractivity contribution < 1.29 is 37.3 Å². The number of piperidine rings is 3. The molecule has 3 heterocycles. The molecule has 156 valence electrons. The van der Waals surface area contributed by atoms with Crippen LogP contribution in [0.3, 0.4) is 0 Å². The number of carbonyl (C=O) groups is 2. The molecule has 3 aliphatic rings. The summed E-state index contributed by atoms with van der Waals surface area (Å²) in [5.74, 6) is -0.989. The molecule has 28 heavy (non-hydrogen) atoms. The van der Waals surface area contributed by atoms with E-state index in [-0.39, 0.29) is 11.9 Å². The second-order valence-electron chi connectivity index (χ2n) is 6.59. The number of hydrogen-bond donors (Lipinski definition) is 2. The molecule has 10 heteroatoms. The second kappa shape index (κ2) is 9.13. The lowest BCUT2D eigenvalue weighted by atomic mass is 9.84. The van der Waals surface area contributed by atoms with E-state index in [9.17, 15) is 18.0 Å². The Hall–Kier alpha value is -2.49. The van der Waals surface area contributed by atoms with Crippen molar-refractivity contribution in [3.8, 4) is 11.5 Å². The van der Waals surface area contributed by atoms with Gasteiger partial charge in [0.1, 0.15) is 11.5 Å². The Morgan fingerprint density at radius 2 is 1.79 bits per heavy atom. The number of carbonyl (C=O) groups excluding carboxylic acids is 1. The van der Waals surface area contributed by atoms with Crippen LogP contribution in [-0.2, 0) is 4.79 Å². The van der Waals surface area contributed by atoms with E-state index in [1.165, 1.54) is 25.9 Å². The van der Waals surface area contributed by atoms with Crippen LogP contribution in [0.25, 0.3) is 0 Å². The molecular formula is C18H23F3N2O5. The number of benzene rings is 1. The zero-order valence-electron chi connectivity index (χ0n) is 15.6. The van der Waals surface area contributed by atoms with Gasteiger partial charge in [0.25, 0.3) is 5.91 Å². The number of halogens is 3. The Bertz CT molecular complexity index is 703. The fourth-order valence-electron chi connectivity index (χ4n) is 3.37. The highest BCUT2D eigenvalue weighted by Crippen LogP contribution is 2.29. The van der Waals surface area contributed by atoms with Gasteiger partial charge in [0.15, 0.2) is 0 Å². The molecule has 2 N–H and O–H groups in total. The van der Waals surface area contributed by atoms with Crippen molar-refractivity contribution in [1.29, 1.82) is 0 Å². The van der Waals surface area contributed by atoms with E-state index in [1.807, 2.05) is 0 Å². The van der Waals surface area contributed by atoms with Crippen LogP contribution in [0, 0.1) is 5.92 Å². The first-order chi connectivity index (χ1) is 13.2. The van der Waals surface area contributed by atoms with Gasteiger partial charge in [-0.2, -0.15) is 13.2 Å². The minimum Gasteiger partial charge on any atom is -0.497 e. The van der Waals surface area contributed by atoms with Gasteiger partial charge in [-0.05, 0) is 50.0 Å². The molecule has 3 fully saturated rings. The monoisotopic (exact) mass is 404 g/mol. The van der Waals surface area contributed by atoms with Gasteiger partial charge >= 0.3 is 12.1 Å².